The van der Waals surface area contributed by atoms with E-state index in [1.54, 1.807) is 0 Å². The van der Waals surface area contributed by atoms with Gasteiger partial charge in [-0.05, 0) is 30.7 Å². The molecule has 0 unspecified atom stereocenters. The molecule has 0 radical (unpaired) electrons. The molecule has 1 amide bonds. The van der Waals surface area contributed by atoms with Gasteiger partial charge in [0.1, 0.15) is 0 Å². The first-order valence-corrected chi connectivity index (χ1v) is 8.27. The second-order valence-electron chi connectivity index (χ2n) is 6.17. The van der Waals surface area contributed by atoms with Gasteiger partial charge in [0.05, 0.1) is 6.04 Å². The van der Waals surface area contributed by atoms with Crippen molar-refractivity contribution in [2.24, 2.45) is 22.4 Å². The Labute approximate surface area is 143 Å². The molecule has 5 N–H and O–H groups in total. The van der Waals surface area contributed by atoms with E-state index in [4.69, 9.17) is 11.5 Å². The molecule has 1 aromatic carbocycles. The fraction of sp³-hybridized carbons (Fsp3) is 0.500. The number of carbonyl (C=O) groups excluding carboxylic acids is 2. The van der Waals surface area contributed by atoms with E-state index in [0.717, 1.165) is 6.42 Å². The molecule has 0 spiro atoms. The number of Topliss-reactive ketones (excluding diaryl/α,β-unsaturated/α-hetero) is 1. The van der Waals surface area contributed by atoms with Crippen LogP contribution in [-0.2, 0) is 16.0 Å². The first kappa shape index (κ1) is 19.7. The maximum Gasteiger partial charge on any atom is 0.217 e. The molecule has 6 nitrogen and oxygen atoms in total. The molecule has 132 valence electrons. The van der Waals surface area contributed by atoms with Crippen molar-refractivity contribution in [1.82, 2.24) is 5.32 Å². The molecule has 0 aliphatic carbocycles. The van der Waals surface area contributed by atoms with Crippen LogP contribution in [0.15, 0.2) is 35.3 Å². The van der Waals surface area contributed by atoms with Gasteiger partial charge < -0.3 is 16.8 Å². The quantitative estimate of drug-likeness (QED) is 0.341. The van der Waals surface area contributed by atoms with E-state index >= 15 is 0 Å². The van der Waals surface area contributed by atoms with Crippen molar-refractivity contribution in [3.05, 3.63) is 35.9 Å². The van der Waals surface area contributed by atoms with E-state index in [2.05, 4.69) is 29.4 Å². The van der Waals surface area contributed by atoms with E-state index in [-0.39, 0.29) is 23.6 Å². The fourth-order valence-corrected chi connectivity index (χ4v) is 2.64. The van der Waals surface area contributed by atoms with Crippen LogP contribution < -0.4 is 16.8 Å². The highest BCUT2D eigenvalue weighted by Gasteiger charge is 2.21. The number of carbonyl (C=O) groups is 2. The van der Waals surface area contributed by atoms with Crippen molar-refractivity contribution in [2.45, 2.75) is 45.6 Å². The van der Waals surface area contributed by atoms with Gasteiger partial charge in [-0.25, -0.2) is 0 Å². The maximum atomic E-state index is 12.5. The van der Waals surface area contributed by atoms with Gasteiger partial charge in [-0.3, -0.25) is 14.6 Å². The molecule has 1 aromatic rings. The maximum absolute atomic E-state index is 12.5. The Kier molecular flexibility index (Phi) is 8.54. The smallest absolute Gasteiger partial charge is 0.217 e. The van der Waals surface area contributed by atoms with Crippen LogP contribution in [0.4, 0.5) is 0 Å². The third-order valence-corrected chi connectivity index (χ3v) is 3.69. The number of aliphatic imine (C=N–C) groups is 1. The number of amides is 1. The van der Waals surface area contributed by atoms with E-state index < -0.39 is 6.04 Å². The first-order chi connectivity index (χ1) is 11.4. The summed E-state index contributed by atoms with van der Waals surface area (Å²) in [7, 11) is 0. The SMILES string of the molecule is CC(=O)N[C@@H](CCCN=C(N)N)C(=O)C[C@@H](C)Cc1ccccc1. The second kappa shape index (κ2) is 10.4. The number of nitrogens with one attached hydrogen (secondary N) is 1. The van der Waals surface area contributed by atoms with Gasteiger partial charge in [-0.2, -0.15) is 0 Å². The van der Waals surface area contributed by atoms with Crippen LogP contribution in [0.5, 0.6) is 0 Å². The Morgan fingerprint density at radius 1 is 1.21 bits per heavy atom. The van der Waals surface area contributed by atoms with Gasteiger partial charge in [0.25, 0.3) is 0 Å². The molecule has 0 saturated carbocycles. The van der Waals surface area contributed by atoms with Crippen molar-refractivity contribution >= 4 is 17.6 Å². The summed E-state index contributed by atoms with van der Waals surface area (Å²) in [6.45, 7) is 3.92. The van der Waals surface area contributed by atoms with Crippen LogP contribution in [0.2, 0.25) is 0 Å². The minimum Gasteiger partial charge on any atom is -0.370 e. The molecule has 2 atom stereocenters. The topological polar surface area (TPSA) is 111 Å². The number of benzene rings is 1. The largest absolute Gasteiger partial charge is 0.370 e. The van der Waals surface area contributed by atoms with Crippen LogP contribution in [-0.4, -0.2) is 30.2 Å². The molecule has 0 saturated heterocycles. The molecule has 0 heterocycles. The summed E-state index contributed by atoms with van der Waals surface area (Å²) >= 11 is 0. The zero-order valence-electron chi connectivity index (χ0n) is 14.5. The summed E-state index contributed by atoms with van der Waals surface area (Å²) < 4.78 is 0. The van der Waals surface area contributed by atoms with E-state index in [9.17, 15) is 9.59 Å². The minimum atomic E-state index is -0.477. The number of hydrogen-bond acceptors (Lipinski definition) is 3. The summed E-state index contributed by atoms with van der Waals surface area (Å²) in [5.74, 6) is 0.104. The molecule has 6 heteroatoms. The number of guanidine groups is 1. The summed E-state index contributed by atoms with van der Waals surface area (Å²) in [6, 6.07) is 9.60. The second-order valence-corrected chi connectivity index (χ2v) is 6.17. The number of nitrogens with two attached hydrogens (primary N) is 2. The van der Waals surface area contributed by atoms with Crippen LogP contribution in [0.3, 0.4) is 0 Å². The van der Waals surface area contributed by atoms with Gasteiger partial charge in [0, 0.05) is 19.9 Å². The average molecular weight is 332 g/mol. The van der Waals surface area contributed by atoms with Gasteiger partial charge in [-0.1, -0.05) is 37.3 Å². The molecule has 0 fully saturated rings. The summed E-state index contributed by atoms with van der Waals surface area (Å²) in [5, 5.41) is 2.74. The van der Waals surface area contributed by atoms with Crippen molar-refractivity contribution in [3.63, 3.8) is 0 Å². The van der Waals surface area contributed by atoms with Crippen molar-refractivity contribution in [3.8, 4) is 0 Å². The Balaban J connectivity index is 2.53. The molecular formula is C18H28N4O2. The lowest BCUT2D eigenvalue weighted by Crippen LogP contribution is -2.40. The Morgan fingerprint density at radius 2 is 1.88 bits per heavy atom. The van der Waals surface area contributed by atoms with Gasteiger partial charge in [-0.15, -0.1) is 0 Å². The molecule has 0 bridgehead atoms. The standard InChI is InChI=1S/C18H28N4O2/c1-13(11-15-7-4-3-5-8-15)12-17(24)16(22-14(2)23)9-6-10-21-18(19)20/h3-5,7-8,13,16H,6,9-12H2,1-2H3,(H,22,23)(H4,19,20,21)/t13-,16-/m0/s1. The number of hydrogen-bond donors (Lipinski definition) is 3. The highest BCUT2D eigenvalue weighted by Crippen LogP contribution is 2.14. The van der Waals surface area contributed by atoms with Crippen LogP contribution >= 0.6 is 0 Å². The van der Waals surface area contributed by atoms with Crippen molar-refractivity contribution in [2.75, 3.05) is 6.54 Å². The highest BCUT2D eigenvalue weighted by molar-refractivity contribution is 5.88. The lowest BCUT2D eigenvalue weighted by atomic mass is 9.92. The molecule has 0 aliphatic heterocycles. The molecule has 24 heavy (non-hydrogen) atoms. The molecule has 0 aliphatic rings. The van der Waals surface area contributed by atoms with Crippen LogP contribution in [0, 0.1) is 5.92 Å². The Bertz CT molecular complexity index is 553. The van der Waals surface area contributed by atoms with E-state index in [1.165, 1.54) is 12.5 Å². The van der Waals surface area contributed by atoms with Crippen molar-refractivity contribution in [1.29, 1.82) is 0 Å². The van der Waals surface area contributed by atoms with E-state index in [1.807, 2.05) is 18.2 Å². The normalized spacial score (nSPS) is 12.9. The van der Waals surface area contributed by atoms with E-state index in [0.29, 0.717) is 25.8 Å². The van der Waals surface area contributed by atoms with Crippen LogP contribution in [0.25, 0.3) is 0 Å². The zero-order chi connectivity index (χ0) is 17.9. The predicted molar refractivity (Wildman–Crippen MR) is 96.4 cm³/mol. The average Bonchev–Trinajstić information content (AvgIpc) is 2.50. The third kappa shape index (κ3) is 8.31. The summed E-state index contributed by atoms with van der Waals surface area (Å²) in [6.07, 6.45) is 2.45. The highest BCUT2D eigenvalue weighted by atomic mass is 16.2. The molecule has 1 rings (SSSR count). The number of ketones is 1. The zero-order valence-corrected chi connectivity index (χ0v) is 14.5. The lowest BCUT2D eigenvalue weighted by molar-refractivity contribution is -0.127. The molecule has 0 aromatic heterocycles. The van der Waals surface area contributed by atoms with Crippen molar-refractivity contribution < 1.29 is 9.59 Å². The number of nitrogens with zero attached hydrogens (tertiary/aromatic N) is 1. The lowest BCUT2D eigenvalue weighted by Gasteiger charge is -2.19. The van der Waals surface area contributed by atoms with Gasteiger partial charge >= 0.3 is 0 Å². The summed E-state index contributed by atoms with van der Waals surface area (Å²) in [5.41, 5.74) is 11.8. The monoisotopic (exact) mass is 332 g/mol. The summed E-state index contributed by atoms with van der Waals surface area (Å²) in [4.78, 5) is 27.8. The van der Waals surface area contributed by atoms with Gasteiger partial charge in [0.15, 0.2) is 11.7 Å². The Morgan fingerprint density at radius 3 is 2.46 bits per heavy atom. The van der Waals surface area contributed by atoms with Gasteiger partial charge in [0.2, 0.25) is 5.91 Å². The Hall–Kier alpha value is -2.37. The molecular weight excluding hydrogens is 304 g/mol. The van der Waals surface area contributed by atoms with Crippen LogP contribution in [0.1, 0.15) is 38.7 Å². The predicted octanol–water partition coefficient (Wildman–Crippen LogP) is 1.38. The first-order valence-electron chi connectivity index (χ1n) is 8.27. The third-order valence-electron chi connectivity index (χ3n) is 3.69. The fourth-order valence-electron chi connectivity index (χ4n) is 2.64. The number of rotatable bonds is 10. The minimum absolute atomic E-state index is 0.0360.